The van der Waals surface area contributed by atoms with Crippen LogP contribution in [0.2, 0.25) is 0 Å². The number of carbonyl (C=O) groups excluding carboxylic acids is 2. The van der Waals surface area contributed by atoms with Crippen molar-refractivity contribution in [1.29, 1.82) is 0 Å². The summed E-state index contributed by atoms with van der Waals surface area (Å²) in [5, 5.41) is 9.04. The number of furan rings is 1. The van der Waals surface area contributed by atoms with Gasteiger partial charge in [0.25, 0.3) is 5.91 Å². The highest BCUT2D eigenvalue weighted by Gasteiger charge is 2.28. The lowest BCUT2D eigenvalue weighted by atomic mass is 10.0. The molecule has 0 spiro atoms. The number of Topliss-reactive ketones (excluding diaryl/α,β-unsaturated/α-hetero) is 1. The minimum atomic E-state index is -0.829. The molecule has 1 aromatic heterocycles. The zero-order valence-electron chi connectivity index (χ0n) is 16.8. The predicted octanol–water partition coefficient (Wildman–Crippen LogP) is 3.16. The summed E-state index contributed by atoms with van der Waals surface area (Å²) >= 11 is 0. The number of nitrogens with zero attached hydrogens (tertiary/aromatic N) is 2. The van der Waals surface area contributed by atoms with Crippen LogP contribution in [-0.2, 0) is 4.79 Å². The molecule has 3 rings (SSSR count). The second kappa shape index (κ2) is 9.05. The number of carboxylic acids is 1. The van der Waals surface area contributed by atoms with E-state index < -0.39 is 5.97 Å². The summed E-state index contributed by atoms with van der Waals surface area (Å²) in [7, 11) is 0. The Morgan fingerprint density at radius 1 is 1.10 bits per heavy atom. The number of hydrogen-bond donors (Lipinski definition) is 1. The first-order chi connectivity index (χ1) is 13.9. The van der Waals surface area contributed by atoms with Crippen LogP contribution in [0.5, 0.6) is 0 Å². The third-order valence-electron chi connectivity index (χ3n) is 5.41. The van der Waals surface area contributed by atoms with Gasteiger partial charge in [-0.3, -0.25) is 19.3 Å². The molecule has 0 saturated carbocycles. The van der Waals surface area contributed by atoms with E-state index in [0.29, 0.717) is 31.0 Å². The highest BCUT2D eigenvalue weighted by Crippen LogP contribution is 2.25. The third kappa shape index (κ3) is 4.92. The van der Waals surface area contributed by atoms with E-state index in [1.54, 1.807) is 41.3 Å². The molecule has 2 heterocycles. The van der Waals surface area contributed by atoms with Crippen molar-refractivity contribution in [3.63, 3.8) is 0 Å². The Labute approximate surface area is 169 Å². The second-order valence-corrected chi connectivity index (χ2v) is 7.28. The van der Waals surface area contributed by atoms with Crippen LogP contribution < -0.4 is 0 Å². The average Bonchev–Trinajstić information content (AvgIpc) is 3.22. The number of ketones is 1. The van der Waals surface area contributed by atoms with E-state index in [1.165, 1.54) is 6.92 Å². The number of likely N-dealkylation sites (N-methyl/N-ethyl adjacent to an activating group) is 1. The first kappa shape index (κ1) is 20.8. The largest absolute Gasteiger partial charge is 0.480 e. The van der Waals surface area contributed by atoms with Crippen LogP contribution in [0, 0.1) is 0 Å². The van der Waals surface area contributed by atoms with Crippen molar-refractivity contribution >= 4 is 17.7 Å². The minimum Gasteiger partial charge on any atom is -0.480 e. The van der Waals surface area contributed by atoms with E-state index in [1.807, 2.05) is 11.8 Å². The summed E-state index contributed by atoms with van der Waals surface area (Å²) in [6, 6.07) is 10.7. The van der Waals surface area contributed by atoms with Crippen molar-refractivity contribution in [1.82, 2.24) is 9.80 Å². The SMILES string of the molecule is CCN(CC(=O)O)C1CCN(C(=O)c2ccc(-c3ccc(C(C)=O)cc3)o2)CC1. The molecule has 0 aliphatic carbocycles. The molecule has 0 unspecified atom stereocenters. The molecule has 7 nitrogen and oxygen atoms in total. The average molecular weight is 398 g/mol. The number of benzene rings is 1. The molecule has 1 fully saturated rings. The number of aliphatic carboxylic acids is 1. The molecule has 1 amide bonds. The third-order valence-corrected chi connectivity index (χ3v) is 5.41. The van der Waals surface area contributed by atoms with Crippen molar-refractivity contribution in [2.75, 3.05) is 26.2 Å². The second-order valence-electron chi connectivity index (χ2n) is 7.28. The molecule has 1 aliphatic heterocycles. The van der Waals surface area contributed by atoms with Gasteiger partial charge in [0.1, 0.15) is 5.76 Å². The normalized spacial score (nSPS) is 14.9. The fourth-order valence-corrected chi connectivity index (χ4v) is 3.74. The number of rotatable bonds is 7. The molecule has 29 heavy (non-hydrogen) atoms. The molecule has 0 radical (unpaired) electrons. The predicted molar refractivity (Wildman–Crippen MR) is 108 cm³/mol. The Kier molecular flexibility index (Phi) is 6.49. The molecule has 154 valence electrons. The lowest BCUT2D eigenvalue weighted by molar-refractivity contribution is -0.139. The number of hydrogen-bond acceptors (Lipinski definition) is 5. The Morgan fingerprint density at radius 2 is 1.76 bits per heavy atom. The minimum absolute atomic E-state index is 0.000239. The molecule has 1 aromatic carbocycles. The molecule has 1 N–H and O–H groups in total. The van der Waals surface area contributed by atoms with E-state index in [9.17, 15) is 14.4 Å². The van der Waals surface area contributed by atoms with Crippen molar-refractivity contribution < 1.29 is 23.9 Å². The number of amides is 1. The topological polar surface area (TPSA) is 91.1 Å². The van der Waals surface area contributed by atoms with Gasteiger partial charge in [0.05, 0.1) is 6.54 Å². The van der Waals surface area contributed by atoms with Gasteiger partial charge in [-0.05, 0) is 38.4 Å². The molecular weight excluding hydrogens is 372 g/mol. The van der Waals surface area contributed by atoms with Crippen molar-refractivity contribution in [3.8, 4) is 11.3 Å². The quantitative estimate of drug-likeness (QED) is 0.721. The van der Waals surface area contributed by atoms with Gasteiger partial charge in [-0.15, -0.1) is 0 Å². The summed E-state index contributed by atoms with van der Waals surface area (Å²) in [4.78, 5) is 38.9. The Balaban J connectivity index is 1.62. The van der Waals surface area contributed by atoms with E-state index >= 15 is 0 Å². The maximum absolute atomic E-state index is 12.8. The maximum Gasteiger partial charge on any atom is 0.317 e. The molecule has 7 heteroatoms. The van der Waals surface area contributed by atoms with Crippen LogP contribution in [0.15, 0.2) is 40.8 Å². The van der Waals surface area contributed by atoms with Gasteiger partial charge in [-0.25, -0.2) is 0 Å². The molecule has 0 atom stereocenters. The standard InChI is InChI=1S/C22H26N2O5/c1-3-23(14-21(26)27)18-10-12-24(13-11-18)22(28)20-9-8-19(29-20)17-6-4-16(5-7-17)15(2)25/h4-9,18H,3,10-14H2,1-2H3,(H,26,27). The van der Waals surface area contributed by atoms with Crippen LogP contribution in [0.3, 0.4) is 0 Å². The van der Waals surface area contributed by atoms with E-state index in [-0.39, 0.29) is 30.0 Å². The first-order valence-electron chi connectivity index (χ1n) is 9.85. The van der Waals surface area contributed by atoms with Crippen LogP contribution in [0.25, 0.3) is 11.3 Å². The highest BCUT2D eigenvalue weighted by molar-refractivity contribution is 5.94. The smallest absolute Gasteiger partial charge is 0.317 e. The van der Waals surface area contributed by atoms with Crippen molar-refractivity contribution in [3.05, 3.63) is 47.7 Å². The van der Waals surface area contributed by atoms with E-state index in [4.69, 9.17) is 9.52 Å². The molecule has 1 aliphatic rings. The highest BCUT2D eigenvalue weighted by atomic mass is 16.4. The van der Waals surface area contributed by atoms with E-state index in [0.717, 1.165) is 18.4 Å². The summed E-state index contributed by atoms with van der Waals surface area (Å²) in [5.41, 5.74) is 1.43. The summed E-state index contributed by atoms with van der Waals surface area (Å²) in [5.74, 6) is -0.120. The van der Waals surface area contributed by atoms with Gasteiger partial charge < -0.3 is 14.4 Å². The summed E-state index contributed by atoms with van der Waals surface area (Å²) in [6.45, 7) is 5.32. The molecule has 2 aromatic rings. The lowest BCUT2D eigenvalue weighted by Gasteiger charge is -2.37. The maximum atomic E-state index is 12.8. The number of likely N-dealkylation sites (tertiary alicyclic amines) is 1. The van der Waals surface area contributed by atoms with E-state index in [2.05, 4.69) is 0 Å². The van der Waals surface area contributed by atoms with Gasteiger partial charge in [0.2, 0.25) is 0 Å². The van der Waals surface area contributed by atoms with Gasteiger partial charge >= 0.3 is 5.97 Å². The van der Waals surface area contributed by atoms with Crippen LogP contribution in [-0.4, -0.2) is 64.8 Å². The Bertz CT molecular complexity index is 879. The monoisotopic (exact) mass is 398 g/mol. The van der Waals surface area contributed by atoms with Gasteiger partial charge in [0, 0.05) is 30.3 Å². The molecule has 0 bridgehead atoms. The first-order valence-corrected chi connectivity index (χ1v) is 9.85. The molecule has 1 saturated heterocycles. The van der Waals surface area contributed by atoms with Crippen LogP contribution in [0.4, 0.5) is 0 Å². The zero-order chi connectivity index (χ0) is 21.0. The zero-order valence-corrected chi connectivity index (χ0v) is 16.8. The summed E-state index contributed by atoms with van der Waals surface area (Å²) in [6.07, 6.45) is 1.49. The lowest BCUT2D eigenvalue weighted by Crippen LogP contribution is -2.48. The van der Waals surface area contributed by atoms with Crippen molar-refractivity contribution in [2.45, 2.75) is 32.7 Å². The Hall–Kier alpha value is -2.93. The number of carbonyl (C=O) groups is 3. The van der Waals surface area contributed by atoms with Gasteiger partial charge in [-0.2, -0.15) is 0 Å². The van der Waals surface area contributed by atoms with Crippen molar-refractivity contribution in [2.24, 2.45) is 0 Å². The number of carboxylic acid groups (broad SMARTS) is 1. The number of piperidine rings is 1. The van der Waals surface area contributed by atoms with Gasteiger partial charge in [-0.1, -0.05) is 31.2 Å². The Morgan fingerprint density at radius 3 is 2.31 bits per heavy atom. The summed E-state index contributed by atoms with van der Waals surface area (Å²) < 4.78 is 5.77. The van der Waals surface area contributed by atoms with Gasteiger partial charge in [0.15, 0.2) is 11.5 Å². The fraction of sp³-hybridized carbons (Fsp3) is 0.409. The van der Waals surface area contributed by atoms with Crippen LogP contribution >= 0.6 is 0 Å². The van der Waals surface area contributed by atoms with Crippen LogP contribution in [0.1, 0.15) is 47.6 Å². The fourth-order valence-electron chi connectivity index (χ4n) is 3.74. The molecular formula is C22H26N2O5.